The van der Waals surface area contributed by atoms with Gasteiger partial charge in [-0.2, -0.15) is 0 Å². The van der Waals surface area contributed by atoms with Crippen LogP contribution in [0.2, 0.25) is 0 Å². The van der Waals surface area contributed by atoms with E-state index in [1.807, 2.05) is 24.3 Å². The smallest absolute Gasteiger partial charge is 0.222 e. The lowest BCUT2D eigenvalue weighted by Crippen LogP contribution is -1.96. The predicted octanol–water partition coefficient (Wildman–Crippen LogP) is 1.80. The molecule has 0 saturated carbocycles. The number of rotatable bonds is 4. The number of benzene rings is 1. The quantitative estimate of drug-likeness (QED) is 0.846. The SMILES string of the molecule is OCCc1ccccc1Oc1ccncn1. The van der Waals surface area contributed by atoms with E-state index in [1.54, 1.807) is 12.3 Å². The fourth-order valence-electron chi connectivity index (χ4n) is 1.38. The van der Waals surface area contributed by atoms with Gasteiger partial charge in [0, 0.05) is 18.9 Å². The highest BCUT2D eigenvalue weighted by Crippen LogP contribution is 2.23. The van der Waals surface area contributed by atoms with Crippen molar-refractivity contribution < 1.29 is 9.84 Å². The highest BCUT2D eigenvalue weighted by atomic mass is 16.5. The van der Waals surface area contributed by atoms with Gasteiger partial charge < -0.3 is 9.84 Å². The van der Waals surface area contributed by atoms with Gasteiger partial charge in [-0.15, -0.1) is 0 Å². The molecule has 0 aliphatic heterocycles. The third kappa shape index (κ3) is 2.55. The number of aliphatic hydroxyl groups excluding tert-OH is 1. The molecule has 0 radical (unpaired) electrons. The zero-order valence-electron chi connectivity index (χ0n) is 8.71. The van der Waals surface area contributed by atoms with Crippen LogP contribution < -0.4 is 4.74 Å². The second-order valence-corrected chi connectivity index (χ2v) is 3.23. The first-order chi connectivity index (χ1) is 7.90. The normalized spacial score (nSPS) is 10.1. The fraction of sp³-hybridized carbons (Fsp3) is 0.167. The molecule has 0 bridgehead atoms. The molecule has 2 aromatic rings. The first kappa shape index (κ1) is 10.6. The van der Waals surface area contributed by atoms with Gasteiger partial charge in [-0.3, -0.25) is 0 Å². The van der Waals surface area contributed by atoms with Gasteiger partial charge in [0.2, 0.25) is 5.88 Å². The molecule has 4 heteroatoms. The van der Waals surface area contributed by atoms with Crippen molar-refractivity contribution in [2.75, 3.05) is 6.61 Å². The van der Waals surface area contributed by atoms with E-state index in [0.717, 1.165) is 11.3 Å². The van der Waals surface area contributed by atoms with Crippen molar-refractivity contribution in [3.05, 3.63) is 48.4 Å². The molecule has 4 nitrogen and oxygen atoms in total. The van der Waals surface area contributed by atoms with Crippen LogP contribution in [0, 0.1) is 0 Å². The van der Waals surface area contributed by atoms with Crippen LogP contribution in [-0.2, 0) is 6.42 Å². The Hall–Kier alpha value is -1.94. The molecule has 0 amide bonds. The minimum Gasteiger partial charge on any atom is -0.439 e. The number of hydrogen-bond donors (Lipinski definition) is 1. The predicted molar refractivity (Wildman–Crippen MR) is 59.3 cm³/mol. The number of para-hydroxylation sites is 1. The molecule has 2 rings (SSSR count). The van der Waals surface area contributed by atoms with Crippen LogP contribution in [0.3, 0.4) is 0 Å². The third-order valence-corrected chi connectivity index (χ3v) is 2.12. The molecule has 0 fully saturated rings. The zero-order chi connectivity index (χ0) is 11.2. The summed E-state index contributed by atoms with van der Waals surface area (Å²) in [6.07, 6.45) is 3.63. The van der Waals surface area contributed by atoms with Gasteiger partial charge in [-0.05, 0) is 18.1 Å². The Balaban J connectivity index is 2.21. The molecule has 1 aromatic carbocycles. The molecule has 0 atom stereocenters. The maximum absolute atomic E-state index is 8.93. The van der Waals surface area contributed by atoms with E-state index >= 15 is 0 Å². The number of hydrogen-bond acceptors (Lipinski definition) is 4. The van der Waals surface area contributed by atoms with Gasteiger partial charge in [0.15, 0.2) is 0 Å². The lowest BCUT2D eigenvalue weighted by Gasteiger charge is -2.08. The summed E-state index contributed by atoms with van der Waals surface area (Å²) in [5.74, 6) is 1.22. The van der Waals surface area contributed by atoms with Gasteiger partial charge in [-0.25, -0.2) is 9.97 Å². The van der Waals surface area contributed by atoms with Crippen LogP contribution in [0.25, 0.3) is 0 Å². The van der Waals surface area contributed by atoms with Gasteiger partial charge in [-0.1, -0.05) is 18.2 Å². The topological polar surface area (TPSA) is 55.2 Å². The first-order valence-electron chi connectivity index (χ1n) is 5.03. The van der Waals surface area contributed by atoms with Gasteiger partial charge in [0.05, 0.1) is 0 Å². The molecule has 0 saturated heterocycles. The minimum absolute atomic E-state index is 0.101. The Morgan fingerprint density at radius 3 is 2.81 bits per heavy atom. The summed E-state index contributed by atoms with van der Waals surface area (Å²) in [5.41, 5.74) is 0.962. The van der Waals surface area contributed by atoms with Crippen LogP contribution in [0.15, 0.2) is 42.9 Å². The number of nitrogens with zero attached hydrogens (tertiary/aromatic N) is 2. The van der Waals surface area contributed by atoms with Crippen molar-refractivity contribution in [3.8, 4) is 11.6 Å². The summed E-state index contributed by atoms with van der Waals surface area (Å²) in [7, 11) is 0. The summed E-state index contributed by atoms with van der Waals surface area (Å²) in [6.45, 7) is 0.101. The maximum atomic E-state index is 8.93. The van der Waals surface area contributed by atoms with E-state index in [0.29, 0.717) is 12.3 Å². The first-order valence-corrected chi connectivity index (χ1v) is 5.03. The summed E-state index contributed by atoms with van der Waals surface area (Å²) < 4.78 is 5.60. The lowest BCUT2D eigenvalue weighted by molar-refractivity contribution is 0.297. The maximum Gasteiger partial charge on any atom is 0.222 e. The number of aliphatic hydroxyl groups is 1. The molecule has 0 aliphatic carbocycles. The van der Waals surface area contributed by atoms with Gasteiger partial charge in [0.25, 0.3) is 0 Å². The highest BCUT2D eigenvalue weighted by molar-refractivity contribution is 5.35. The molecular weight excluding hydrogens is 204 g/mol. The van der Waals surface area contributed by atoms with Crippen molar-refractivity contribution in [1.82, 2.24) is 9.97 Å². The molecule has 0 spiro atoms. The van der Waals surface area contributed by atoms with E-state index in [1.165, 1.54) is 6.33 Å². The van der Waals surface area contributed by atoms with Crippen LogP contribution in [0.1, 0.15) is 5.56 Å². The lowest BCUT2D eigenvalue weighted by atomic mass is 10.1. The highest BCUT2D eigenvalue weighted by Gasteiger charge is 2.03. The van der Waals surface area contributed by atoms with Crippen molar-refractivity contribution in [2.45, 2.75) is 6.42 Å². The molecule has 0 unspecified atom stereocenters. The Kier molecular flexibility index (Phi) is 3.46. The summed E-state index contributed by atoms with van der Waals surface area (Å²) >= 11 is 0. The molecule has 1 aromatic heterocycles. The van der Waals surface area contributed by atoms with Crippen LogP contribution >= 0.6 is 0 Å². The summed E-state index contributed by atoms with van der Waals surface area (Å²) in [6, 6.07) is 9.27. The van der Waals surface area contributed by atoms with E-state index < -0.39 is 0 Å². The summed E-state index contributed by atoms with van der Waals surface area (Å²) in [5, 5.41) is 8.93. The van der Waals surface area contributed by atoms with Gasteiger partial charge in [0.1, 0.15) is 12.1 Å². The number of ether oxygens (including phenoxy) is 1. The van der Waals surface area contributed by atoms with Crippen LogP contribution in [0.4, 0.5) is 0 Å². The fourth-order valence-corrected chi connectivity index (χ4v) is 1.38. The molecule has 1 heterocycles. The van der Waals surface area contributed by atoms with E-state index in [4.69, 9.17) is 9.84 Å². The average molecular weight is 216 g/mol. The van der Waals surface area contributed by atoms with E-state index in [9.17, 15) is 0 Å². The summed E-state index contributed by atoms with van der Waals surface area (Å²) in [4.78, 5) is 7.79. The molecule has 0 aliphatic rings. The average Bonchev–Trinajstić information content (AvgIpc) is 2.33. The minimum atomic E-state index is 0.101. The molecular formula is C12H12N2O2. The Morgan fingerprint density at radius 1 is 1.19 bits per heavy atom. The van der Waals surface area contributed by atoms with Crippen LogP contribution in [0.5, 0.6) is 11.6 Å². The van der Waals surface area contributed by atoms with Gasteiger partial charge >= 0.3 is 0 Å². The van der Waals surface area contributed by atoms with E-state index in [-0.39, 0.29) is 6.61 Å². The Labute approximate surface area is 93.6 Å². The molecule has 16 heavy (non-hydrogen) atoms. The van der Waals surface area contributed by atoms with Crippen molar-refractivity contribution in [1.29, 1.82) is 0 Å². The zero-order valence-corrected chi connectivity index (χ0v) is 8.71. The number of aromatic nitrogens is 2. The molecule has 82 valence electrons. The van der Waals surface area contributed by atoms with Crippen LogP contribution in [-0.4, -0.2) is 21.7 Å². The second kappa shape index (κ2) is 5.23. The third-order valence-electron chi connectivity index (χ3n) is 2.12. The molecule has 1 N–H and O–H groups in total. The van der Waals surface area contributed by atoms with E-state index in [2.05, 4.69) is 9.97 Å². The van der Waals surface area contributed by atoms with Crippen molar-refractivity contribution >= 4 is 0 Å². The second-order valence-electron chi connectivity index (χ2n) is 3.23. The standard InChI is InChI=1S/C12H12N2O2/c15-8-6-10-3-1-2-4-11(10)16-12-5-7-13-9-14-12/h1-5,7,9,15H,6,8H2. The van der Waals surface area contributed by atoms with Crippen molar-refractivity contribution in [2.24, 2.45) is 0 Å². The van der Waals surface area contributed by atoms with Crippen molar-refractivity contribution in [3.63, 3.8) is 0 Å². The Bertz CT molecular complexity index is 446. The largest absolute Gasteiger partial charge is 0.439 e. The Morgan fingerprint density at radius 2 is 2.06 bits per heavy atom. The monoisotopic (exact) mass is 216 g/mol.